The minimum atomic E-state index is -0.519. The highest BCUT2D eigenvalue weighted by Gasteiger charge is 2.12. The lowest BCUT2D eigenvalue weighted by molar-refractivity contribution is -0.112. The van der Waals surface area contributed by atoms with Gasteiger partial charge in [0.05, 0.1) is 11.4 Å². The predicted octanol–water partition coefficient (Wildman–Crippen LogP) is 3.60. The van der Waals surface area contributed by atoms with Gasteiger partial charge in [0.1, 0.15) is 29.0 Å². The smallest absolute Gasteiger partial charge is 0.275 e. The van der Waals surface area contributed by atoms with E-state index in [4.69, 9.17) is 4.74 Å². The topological polar surface area (TPSA) is 122 Å². The summed E-state index contributed by atoms with van der Waals surface area (Å²) in [6, 6.07) is 10.2. The standard InChI is InChI=1S/C22H18N6O3S2/c1-3-18-27-28-19(29)9-16(25-22(28)33-18)11-31-17-6-4-14(5-7-17)8-15(10-23)20(30)26-21-24-13(2)12-32-21/h4-9,12H,3,11H2,1-2H3,(H,24,26,30). The van der Waals surface area contributed by atoms with Crippen molar-refractivity contribution in [3.05, 3.63) is 73.6 Å². The van der Waals surface area contributed by atoms with E-state index in [0.717, 1.165) is 17.1 Å². The maximum atomic E-state index is 12.3. The summed E-state index contributed by atoms with van der Waals surface area (Å²) in [5, 5.41) is 19.3. The predicted molar refractivity (Wildman–Crippen MR) is 126 cm³/mol. The number of aryl methyl sites for hydroxylation is 2. The number of thiazole rings is 1. The summed E-state index contributed by atoms with van der Waals surface area (Å²) in [6.07, 6.45) is 2.23. The van der Waals surface area contributed by atoms with E-state index in [9.17, 15) is 14.9 Å². The number of nitrogens with one attached hydrogen (secondary N) is 1. The number of aromatic nitrogens is 4. The van der Waals surface area contributed by atoms with E-state index in [0.29, 0.717) is 27.1 Å². The van der Waals surface area contributed by atoms with Crippen LogP contribution in [0.3, 0.4) is 0 Å². The first kappa shape index (κ1) is 22.3. The van der Waals surface area contributed by atoms with Crippen LogP contribution in [-0.4, -0.2) is 25.5 Å². The fourth-order valence-corrected chi connectivity index (χ4v) is 4.36. The first-order chi connectivity index (χ1) is 15.9. The van der Waals surface area contributed by atoms with Crippen molar-refractivity contribution in [2.24, 2.45) is 0 Å². The van der Waals surface area contributed by atoms with E-state index in [2.05, 4.69) is 20.4 Å². The SMILES string of the molecule is CCc1nn2c(=O)cc(COc3ccc(C=C(C#N)C(=O)Nc4nc(C)cs4)cc3)nc2s1. The highest BCUT2D eigenvalue weighted by molar-refractivity contribution is 7.16. The monoisotopic (exact) mass is 478 g/mol. The molecule has 9 nitrogen and oxygen atoms in total. The molecule has 11 heteroatoms. The third-order valence-electron chi connectivity index (χ3n) is 4.42. The van der Waals surface area contributed by atoms with Gasteiger partial charge in [0, 0.05) is 11.4 Å². The zero-order valence-corrected chi connectivity index (χ0v) is 19.4. The van der Waals surface area contributed by atoms with Gasteiger partial charge in [-0.25, -0.2) is 9.97 Å². The minimum absolute atomic E-state index is 0.0366. The number of fused-ring (bicyclic) bond motifs is 1. The molecule has 1 N–H and O–H groups in total. The molecule has 0 radical (unpaired) electrons. The first-order valence-corrected chi connectivity index (χ1v) is 11.6. The molecular formula is C22H18N6O3S2. The Bertz CT molecular complexity index is 1440. The first-order valence-electron chi connectivity index (χ1n) is 9.92. The summed E-state index contributed by atoms with van der Waals surface area (Å²) < 4.78 is 7.04. The summed E-state index contributed by atoms with van der Waals surface area (Å²) in [5.41, 5.74) is 1.69. The Balaban J connectivity index is 1.42. The van der Waals surface area contributed by atoms with Crippen molar-refractivity contribution in [3.8, 4) is 11.8 Å². The summed E-state index contributed by atoms with van der Waals surface area (Å²) >= 11 is 2.67. The van der Waals surface area contributed by atoms with Crippen LogP contribution in [0, 0.1) is 18.3 Å². The Morgan fingerprint density at radius 1 is 1.30 bits per heavy atom. The molecular weight excluding hydrogens is 460 g/mol. The molecule has 3 heterocycles. The van der Waals surface area contributed by atoms with Crippen molar-refractivity contribution in [2.45, 2.75) is 26.9 Å². The number of nitriles is 1. The average molecular weight is 479 g/mol. The molecule has 4 rings (SSSR count). The number of hydrogen-bond donors (Lipinski definition) is 1. The van der Waals surface area contributed by atoms with Gasteiger partial charge in [0.2, 0.25) is 4.96 Å². The van der Waals surface area contributed by atoms with Crippen LogP contribution in [0.25, 0.3) is 11.0 Å². The van der Waals surface area contributed by atoms with Gasteiger partial charge in [-0.3, -0.25) is 14.9 Å². The van der Waals surface area contributed by atoms with Gasteiger partial charge >= 0.3 is 0 Å². The van der Waals surface area contributed by atoms with Crippen molar-refractivity contribution < 1.29 is 9.53 Å². The van der Waals surface area contributed by atoms with Crippen LogP contribution in [0.1, 0.15) is 28.9 Å². The summed E-state index contributed by atoms with van der Waals surface area (Å²) in [7, 11) is 0. The van der Waals surface area contributed by atoms with E-state index >= 15 is 0 Å². The number of benzene rings is 1. The number of anilines is 1. The Morgan fingerprint density at radius 2 is 2.09 bits per heavy atom. The van der Waals surface area contributed by atoms with Gasteiger partial charge in [-0.05, 0) is 37.1 Å². The van der Waals surface area contributed by atoms with Crippen LogP contribution in [0.5, 0.6) is 5.75 Å². The zero-order valence-electron chi connectivity index (χ0n) is 17.7. The molecule has 0 saturated heterocycles. The summed E-state index contributed by atoms with van der Waals surface area (Å²) in [6.45, 7) is 3.92. The van der Waals surface area contributed by atoms with Crippen molar-refractivity contribution >= 4 is 44.7 Å². The molecule has 166 valence electrons. The molecule has 0 saturated carbocycles. The lowest BCUT2D eigenvalue weighted by atomic mass is 10.1. The van der Waals surface area contributed by atoms with E-state index in [-0.39, 0.29) is 17.7 Å². The van der Waals surface area contributed by atoms with Gasteiger partial charge in [-0.15, -0.1) is 11.3 Å². The lowest BCUT2D eigenvalue weighted by Crippen LogP contribution is -2.16. The van der Waals surface area contributed by atoms with E-state index in [1.807, 2.05) is 25.3 Å². The molecule has 0 spiro atoms. The number of hydrogen-bond acceptors (Lipinski definition) is 9. The maximum Gasteiger partial charge on any atom is 0.275 e. The van der Waals surface area contributed by atoms with Gasteiger partial charge in [-0.2, -0.15) is 14.9 Å². The molecule has 1 amide bonds. The fraction of sp³-hybridized carbons (Fsp3) is 0.182. The van der Waals surface area contributed by atoms with Gasteiger partial charge < -0.3 is 4.74 Å². The second-order valence-electron chi connectivity index (χ2n) is 6.91. The largest absolute Gasteiger partial charge is 0.487 e. The third-order valence-corrected chi connectivity index (χ3v) is 6.35. The Hall–Kier alpha value is -3.88. The van der Waals surface area contributed by atoms with Gasteiger partial charge in [0.25, 0.3) is 11.5 Å². The van der Waals surface area contributed by atoms with E-state index < -0.39 is 5.91 Å². The van der Waals surface area contributed by atoms with Crippen molar-refractivity contribution in [1.29, 1.82) is 5.26 Å². The second kappa shape index (κ2) is 9.72. The minimum Gasteiger partial charge on any atom is -0.487 e. The maximum absolute atomic E-state index is 12.3. The highest BCUT2D eigenvalue weighted by atomic mass is 32.1. The van der Waals surface area contributed by atoms with E-state index in [1.165, 1.54) is 39.3 Å². The lowest BCUT2D eigenvalue weighted by Gasteiger charge is -2.06. The number of rotatable bonds is 7. The molecule has 4 aromatic rings. The molecule has 33 heavy (non-hydrogen) atoms. The molecule has 1 aromatic carbocycles. The van der Waals surface area contributed by atoms with Crippen LogP contribution in [0.15, 0.2) is 46.1 Å². The third kappa shape index (κ3) is 5.31. The highest BCUT2D eigenvalue weighted by Crippen LogP contribution is 2.19. The number of carbonyl (C=O) groups is 1. The molecule has 0 bridgehead atoms. The Morgan fingerprint density at radius 3 is 2.76 bits per heavy atom. The molecule has 0 fully saturated rings. The Kier molecular flexibility index (Phi) is 6.58. The molecule has 0 aliphatic heterocycles. The van der Waals surface area contributed by atoms with Crippen molar-refractivity contribution in [3.63, 3.8) is 0 Å². The Labute approximate surface area is 196 Å². The number of nitrogens with zero attached hydrogens (tertiary/aromatic N) is 5. The second-order valence-corrected chi connectivity index (χ2v) is 8.80. The van der Waals surface area contributed by atoms with Gasteiger partial charge in [0.15, 0.2) is 5.13 Å². The molecule has 0 unspecified atom stereocenters. The molecule has 0 atom stereocenters. The van der Waals surface area contributed by atoms with E-state index in [1.54, 1.807) is 24.3 Å². The van der Waals surface area contributed by atoms with Crippen molar-refractivity contribution in [2.75, 3.05) is 5.32 Å². The van der Waals surface area contributed by atoms with Gasteiger partial charge in [-0.1, -0.05) is 30.4 Å². The molecule has 0 aliphatic carbocycles. The number of carbonyl (C=O) groups excluding carboxylic acids is 1. The quantitative estimate of drug-likeness (QED) is 0.318. The van der Waals surface area contributed by atoms with Crippen LogP contribution in [0.2, 0.25) is 0 Å². The fourth-order valence-electron chi connectivity index (χ4n) is 2.82. The average Bonchev–Trinajstić information content (AvgIpc) is 3.42. The molecule has 3 aromatic heterocycles. The van der Waals surface area contributed by atoms with Crippen LogP contribution in [0.4, 0.5) is 5.13 Å². The summed E-state index contributed by atoms with van der Waals surface area (Å²) in [5.74, 6) is 0.0446. The van der Waals surface area contributed by atoms with Crippen LogP contribution < -0.4 is 15.6 Å². The number of ether oxygens (including phenoxy) is 1. The zero-order chi connectivity index (χ0) is 23.4. The molecule has 0 aliphatic rings. The summed E-state index contributed by atoms with van der Waals surface area (Å²) in [4.78, 5) is 33.7. The number of amides is 1. The van der Waals surface area contributed by atoms with Crippen LogP contribution in [-0.2, 0) is 17.8 Å². The van der Waals surface area contributed by atoms with Crippen LogP contribution >= 0.6 is 22.7 Å². The normalized spacial score (nSPS) is 11.4. The van der Waals surface area contributed by atoms with Crippen molar-refractivity contribution in [1.82, 2.24) is 19.6 Å².